The monoisotopic (exact) mass is 390 g/mol. The van der Waals surface area contributed by atoms with Gasteiger partial charge in [0.1, 0.15) is 22.8 Å². The predicted octanol–water partition coefficient (Wildman–Crippen LogP) is 3.47. The van der Waals surface area contributed by atoms with Gasteiger partial charge in [-0.15, -0.1) is 0 Å². The van der Waals surface area contributed by atoms with Crippen molar-refractivity contribution in [1.82, 2.24) is 10.1 Å². The number of phenolic OH excluding ortho intramolecular Hbond substituents is 1. The van der Waals surface area contributed by atoms with Gasteiger partial charge in [0.25, 0.3) is 5.89 Å². The maximum atomic E-state index is 12.1. The van der Waals surface area contributed by atoms with Gasteiger partial charge in [-0.1, -0.05) is 16.8 Å². The van der Waals surface area contributed by atoms with E-state index in [1.807, 2.05) is 0 Å². The highest BCUT2D eigenvalue weighted by atomic mass is 35.5. The smallest absolute Gasteiger partial charge is 0.342 e. The number of hydrogen-bond acceptors (Lipinski definition) is 8. The molecule has 1 aromatic heterocycles. The van der Waals surface area contributed by atoms with Crippen molar-refractivity contribution >= 4 is 17.6 Å². The van der Waals surface area contributed by atoms with Gasteiger partial charge >= 0.3 is 5.97 Å². The lowest BCUT2D eigenvalue weighted by molar-refractivity contribution is 0.0426. The second kappa shape index (κ2) is 7.96. The van der Waals surface area contributed by atoms with Crippen molar-refractivity contribution < 1.29 is 28.6 Å². The van der Waals surface area contributed by atoms with E-state index >= 15 is 0 Å². The van der Waals surface area contributed by atoms with Crippen LogP contribution in [0.4, 0.5) is 0 Å². The largest absolute Gasteiger partial charge is 0.507 e. The van der Waals surface area contributed by atoms with Crippen LogP contribution in [0.15, 0.2) is 40.9 Å². The molecular weight excluding hydrogens is 376 g/mol. The van der Waals surface area contributed by atoms with E-state index in [0.29, 0.717) is 22.1 Å². The molecule has 0 atom stereocenters. The van der Waals surface area contributed by atoms with Gasteiger partial charge in [0, 0.05) is 11.1 Å². The van der Waals surface area contributed by atoms with Crippen molar-refractivity contribution in [2.75, 3.05) is 14.2 Å². The van der Waals surface area contributed by atoms with E-state index in [-0.39, 0.29) is 29.6 Å². The van der Waals surface area contributed by atoms with Gasteiger partial charge in [0.15, 0.2) is 6.61 Å². The number of hydrogen-bond donors (Lipinski definition) is 1. The molecule has 0 spiro atoms. The molecule has 0 radical (unpaired) electrons. The quantitative estimate of drug-likeness (QED) is 0.638. The van der Waals surface area contributed by atoms with Crippen LogP contribution < -0.4 is 9.47 Å². The van der Waals surface area contributed by atoms with Crippen molar-refractivity contribution in [3.8, 4) is 28.6 Å². The number of methoxy groups -OCH3 is 2. The number of benzene rings is 2. The number of aromatic hydroxyl groups is 1. The summed E-state index contributed by atoms with van der Waals surface area (Å²) in [5, 5.41) is 13.9. The van der Waals surface area contributed by atoms with Crippen LogP contribution in [0, 0.1) is 0 Å². The van der Waals surface area contributed by atoms with Gasteiger partial charge in [-0.25, -0.2) is 4.79 Å². The summed E-state index contributed by atoms with van der Waals surface area (Å²) >= 11 is 5.82. The number of nitrogens with zero attached hydrogens (tertiary/aromatic N) is 2. The van der Waals surface area contributed by atoms with Crippen LogP contribution in [0.1, 0.15) is 16.2 Å². The minimum Gasteiger partial charge on any atom is -0.507 e. The molecule has 0 bridgehead atoms. The van der Waals surface area contributed by atoms with Crippen molar-refractivity contribution in [3.05, 3.63) is 52.9 Å². The summed E-state index contributed by atoms with van der Waals surface area (Å²) in [6.45, 7) is -0.268. The number of ether oxygens (including phenoxy) is 3. The van der Waals surface area contributed by atoms with Crippen LogP contribution in [0.5, 0.6) is 17.2 Å². The Morgan fingerprint density at radius 3 is 2.74 bits per heavy atom. The maximum absolute atomic E-state index is 12.1. The molecule has 27 heavy (non-hydrogen) atoms. The van der Waals surface area contributed by atoms with E-state index in [4.69, 9.17) is 30.3 Å². The molecule has 0 aliphatic rings. The Kier molecular flexibility index (Phi) is 5.46. The Bertz CT molecular complexity index is 972. The Labute approximate surface area is 159 Å². The van der Waals surface area contributed by atoms with Crippen LogP contribution in [0.3, 0.4) is 0 Å². The van der Waals surface area contributed by atoms with Crippen molar-refractivity contribution in [3.63, 3.8) is 0 Å². The molecule has 0 saturated heterocycles. The van der Waals surface area contributed by atoms with Gasteiger partial charge in [0.2, 0.25) is 5.82 Å². The molecule has 0 unspecified atom stereocenters. The zero-order valence-corrected chi connectivity index (χ0v) is 15.2. The third kappa shape index (κ3) is 4.12. The molecule has 3 rings (SSSR count). The number of halogens is 1. The van der Waals surface area contributed by atoms with Gasteiger partial charge in [-0.2, -0.15) is 4.98 Å². The zero-order valence-electron chi connectivity index (χ0n) is 14.4. The molecular formula is C18H15ClN2O6. The lowest BCUT2D eigenvalue weighted by Crippen LogP contribution is -2.05. The number of esters is 1. The third-order valence-corrected chi connectivity index (χ3v) is 3.86. The molecule has 0 amide bonds. The summed E-state index contributed by atoms with van der Waals surface area (Å²) in [4.78, 5) is 16.3. The first-order chi connectivity index (χ1) is 13.0. The van der Waals surface area contributed by atoms with Crippen molar-refractivity contribution in [1.29, 1.82) is 0 Å². The van der Waals surface area contributed by atoms with E-state index < -0.39 is 5.97 Å². The minimum absolute atomic E-state index is 0.0564. The van der Waals surface area contributed by atoms with Crippen LogP contribution in [-0.2, 0) is 11.3 Å². The van der Waals surface area contributed by atoms with Crippen molar-refractivity contribution in [2.24, 2.45) is 0 Å². The maximum Gasteiger partial charge on any atom is 0.342 e. The van der Waals surface area contributed by atoms with E-state index in [9.17, 15) is 9.90 Å². The van der Waals surface area contributed by atoms with E-state index in [2.05, 4.69) is 10.1 Å². The highest BCUT2D eigenvalue weighted by Crippen LogP contribution is 2.31. The first-order valence-electron chi connectivity index (χ1n) is 7.72. The van der Waals surface area contributed by atoms with Crippen LogP contribution in [0.2, 0.25) is 5.02 Å². The fourth-order valence-corrected chi connectivity index (χ4v) is 2.46. The third-order valence-electron chi connectivity index (χ3n) is 3.62. The predicted molar refractivity (Wildman–Crippen MR) is 95.1 cm³/mol. The zero-order chi connectivity index (χ0) is 19.4. The van der Waals surface area contributed by atoms with Crippen LogP contribution in [-0.4, -0.2) is 35.4 Å². The van der Waals surface area contributed by atoms with Crippen molar-refractivity contribution in [2.45, 2.75) is 6.61 Å². The molecule has 140 valence electrons. The standard InChI is InChI=1S/C18H15ClN2O6/c1-24-11-4-5-12(15(8-11)25-2)17-20-16(27-21-17)9-26-18(23)13-7-10(19)3-6-14(13)22/h3-8,22H,9H2,1-2H3. The Morgan fingerprint density at radius 2 is 2.00 bits per heavy atom. The molecule has 0 aliphatic heterocycles. The molecule has 1 N–H and O–H groups in total. The average molecular weight is 391 g/mol. The summed E-state index contributed by atoms with van der Waals surface area (Å²) in [7, 11) is 3.06. The number of aromatic nitrogens is 2. The fourth-order valence-electron chi connectivity index (χ4n) is 2.28. The lowest BCUT2D eigenvalue weighted by atomic mass is 10.2. The molecule has 2 aromatic carbocycles. The summed E-state index contributed by atoms with van der Waals surface area (Å²) in [5.41, 5.74) is 0.533. The summed E-state index contributed by atoms with van der Waals surface area (Å²) in [5.74, 6) is 0.469. The van der Waals surface area contributed by atoms with Gasteiger partial charge in [-0.05, 0) is 30.3 Å². The summed E-state index contributed by atoms with van der Waals surface area (Å²) < 4.78 is 20.6. The molecule has 0 fully saturated rings. The number of phenols is 1. The fraction of sp³-hybridized carbons (Fsp3) is 0.167. The van der Waals surface area contributed by atoms with Gasteiger partial charge < -0.3 is 23.8 Å². The van der Waals surface area contributed by atoms with Gasteiger partial charge in [0.05, 0.1) is 19.8 Å². The Morgan fingerprint density at radius 1 is 1.19 bits per heavy atom. The highest BCUT2D eigenvalue weighted by molar-refractivity contribution is 6.31. The second-order valence-electron chi connectivity index (χ2n) is 5.32. The molecule has 9 heteroatoms. The van der Waals surface area contributed by atoms with E-state index in [0.717, 1.165) is 0 Å². The SMILES string of the molecule is COc1ccc(-c2noc(COC(=O)c3cc(Cl)ccc3O)n2)c(OC)c1. The molecule has 1 heterocycles. The summed E-state index contributed by atoms with van der Waals surface area (Å²) in [6.07, 6.45) is 0. The Balaban J connectivity index is 1.73. The van der Waals surface area contributed by atoms with E-state index in [1.54, 1.807) is 25.3 Å². The van der Waals surface area contributed by atoms with Crippen LogP contribution in [0.25, 0.3) is 11.4 Å². The highest BCUT2D eigenvalue weighted by Gasteiger charge is 2.17. The molecule has 3 aromatic rings. The first-order valence-corrected chi connectivity index (χ1v) is 8.10. The van der Waals surface area contributed by atoms with Crippen LogP contribution >= 0.6 is 11.6 Å². The molecule has 8 nitrogen and oxygen atoms in total. The van der Waals surface area contributed by atoms with Gasteiger partial charge in [-0.3, -0.25) is 0 Å². The minimum atomic E-state index is -0.767. The molecule has 0 aliphatic carbocycles. The second-order valence-corrected chi connectivity index (χ2v) is 5.75. The number of rotatable bonds is 6. The average Bonchev–Trinajstić information content (AvgIpc) is 3.16. The Hall–Kier alpha value is -3.26. The topological polar surface area (TPSA) is 104 Å². The van der Waals surface area contributed by atoms with E-state index in [1.165, 1.54) is 25.3 Å². The number of carbonyl (C=O) groups excluding carboxylic acids is 1. The lowest BCUT2D eigenvalue weighted by Gasteiger charge is -2.07. The normalized spacial score (nSPS) is 10.5. The first kappa shape index (κ1) is 18.5. The summed E-state index contributed by atoms with van der Waals surface area (Å²) in [6, 6.07) is 9.21. The number of carbonyl (C=O) groups is 1. The molecule has 0 saturated carbocycles.